The second-order valence-electron chi connectivity index (χ2n) is 4.41. The van der Waals surface area contributed by atoms with Crippen molar-refractivity contribution in [1.29, 1.82) is 0 Å². The number of carbonyl (C=O) groups is 4. The third kappa shape index (κ3) is 90.2. The fraction of sp³-hybridized carbons (Fsp3) is 0.583. The molecular formula is C12H30N2O19P2. The molecule has 0 spiro atoms. The Balaban J connectivity index is -0.0000000510. The number of hydrogen-bond acceptors (Lipinski definition) is 12. The quantitative estimate of drug-likeness (QED) is 0.0936. The van der Waals surface area contributed by atoms with E-state index in [-0.39, 0.29) is 33.0 Å². The van der Waals surface area contributed by atoms with Gasteiger partial charge in [0.25, 0.3) is 6.47 Å². The van der Waals surface area contributed by atoms with Gasteiger partial charge in [-0.25, -0.2) is 0 Å². The molecule has 0 amide bonds. The maximum atomic E-state index is 10.5. The molecule has 0 saturated carbocycles. The van der Waals surface area contributed by atoms with E-state index in [2.05, 4.69) is 5.32 Å². The average Bonchev–Trinajstić information content (AvgIpc) is 2.54. The summed E-state index contributed by atoms with van der Waals surface area (Å²) < 4.78 is 20.5. The second-order valence-corrected chi connectivity index (χ2v) is 7.67. The van der Waals surface area contributed by atoms with E-state index in [1.807, 2.05) is 0 Å². The molecule has 0 aromatic rings. The Morgan fingerprint density at radius 3 is 1.29 bits per heavy atom. The van der Waals surface area contributed by atoms with Gasteiger partial charge in [0, 0.05) is 9.93 Å². The van der Waals surface area contributed by atoms with Gasteiger partial charge in [0.05, 0.1) is 25.9 Å². The third-order valence-corrected chi connectivity index (χ3v) is 3.10. The molecule has 212 valence electrons. The van der Waals surface area contributed by atoms with Crippen molar-refractivity contribution in [3.63, 3.8) is 0 Å². The van der Waals surface area contributed by atoms with Gasteiger partial charge in [-0.1, -0.05) is 14.9 Å². The number of aliphatic carboxylic acids is 3. The van der Waals surface area contributed by atoms with Crippen LogP contribution in [-0.4, -0.2) is 113 Å². The standard InChI is InChI=1S/C5H10NO7P.C3H8NO5P.CH2O2.CO2.2CH4.O2.H2O/c7-4(8)1-6(2-5(9)10)3-14(11,12)13;5-3(6)1-4-2-10(7,8)9;2*2-1-3;;;1-2;/h1-3H2,(H,7,8)(H,9,10)(H2,11,12,13);4H,1-2H2,(H,5,6)(H2,7,8,9);1H,(H,2,3);;2*1H4;;1H2. The number of nitrogens with one attached hydrogen (secondary N) is 1. The van der Waals surface area contributed by atoms with E-state index in [1.165, 1.54) is 0 Å². The summed E-state index contributed by atoms with van der Waals surface area (Å²) in [5.74, 6) is -3.84. The van der Waals surface area contributed by atoms with Crippen LogP contribution in [-0.2, 0) is 37.9 Å². The van der Waals surface area contributed by atoms with Crippen LogP contribution in [0.4, 0.5) is 0 Å². The lowest BCUT2D eigenvalue weighted by atomic mass is 10.5. The lowest BCUT2D eigenvalue weighted by Gasteiger charge is -2.17. The zero-order valence-electron chi connectivity index (χ0n) is 16.1. The molecule has 11 N–H and O–H groups in total. The number of rotatable bonds is 10. The lowest BCUT2D eigenvalue weighted by molar-refractivity contribution is -0.191. The molecule has 0 atom stereocenters. The molecular weight excluding hydrogens is 538 g/mol. The van der Waals surface area contributed by atoms with Crippen LogP contribution in [0.1, 0.15) is 14.9 Å². The summed E-state index contributed by atoms with van der Waals surface area (Å²) in [7, 11) is -8.53. The molecule has 0 rings (SSSR count). The van der Waals surface area contributed by atoms with Gasteiger partial charge in [0.1, 0.15) is 6.29 Å². The topological polar surface area (TPSA) is 379 Å². The fourth-order valence-electron chi connectivity index (χ4n) is 1.11. The molecule has 0 aromatic carbocycles. The minimum atomic E-state index is -4.44. The van der Waals surface area contributed by atoms with E-state index in [0.29, 0.717) is 4.90 Å². The molecule has 0 aliphatic rings. The third-order valence-electron chi connectivity index (χ3n) is 1.70. The zero-order valence-corrected chi connectivity index (χ0v) is 17.9. The zero-order chi connectivity index (χ0) is 27.0. The highest BCUT2D eigenvalue weighted by atomic mass is 31.2. The smallest absolute Gasteiger partial charge is 0.373 e. The van der Waals surface area contributed by atoms with Crippen molar-refractivity contribution in [1.82, 2.24) is 10.2 Å². The van der Waals surface area contributed by atoms with E-state index in [9.17, 15) is 23.5 Å². The Hall–Kier alpha value is -2.96. The summed E-state index contributed by atoms with van der Waals surface area (Å²) in [5.41, 5.74) is 0. The van der Waals surface area contributed by atoms with Crippen molar-refractivity contribution in [2.75, 3.05) is 32.2 Å². The van der Waals surface area contributed by atoms with Gasteiger partial charge in [0.15, 0.2) is 0 Å². The van der Waals surface area contributed by atoms with Crippen molar-refractivity contribution in [3.8, 4) is 0 Å². The van der Waals surface area contributed by atoms with Crippen LogP contribution in [0.5, 0.6) is 0 Å². The van der Waals surface area contributed by atoms with Gasteiger partial charge in [-0.05, 0) is 0 Å². The lowest BCUT2D eigenvalue weighted by Crippen LogP contribution is -2.35. The van der Waals surface area contributed by atoms with Crippen molar-refractivity contribution >= 4 is 45.7 Å². The summed E-state index contributed by atoms with van der Waals surface area (Å²) in [5, 5.41) is 33.6. The summed E-state index contributed by atoms with van der Waals surface area (Å²) in [6.07, 6.45) is -1.23. The van der Waals surface area contributed by atoms with Gasteiger partial charge in [0.2, 0.25) is 0 Å². The highest BCUT2D eigenvalue weighted by Crippen LogP contribution is 2.34. The first-order chi connectivity index (χ1) is 14.4. The van der Waals surface area contributed by atoms with Crippen LogP contribution in [0.2, 0.25) is 0 Å². The highest BCUT2D eigenvalue weighted by molar-refractivity contribution is 7.51. The predicted octanol–water partition coefficient (Wildman–Crippen LogP) is -2.98. The SMILES string of the molecule is C.C.O.O=C(O)CN(CC(=O)O)CP(=O)(O)O.O=C(O)CNCP(=O)(O)O.O=C=O.O=CO.O=O. The molecule has 0 bridgehead atoms. The summed E-state index contributed by atoms with van der Waals surface area (Å²) in [6, 6.07) is 0. The number of carbonyl (C=O) groups excluding carboxylic acids is 2. The molecule has 0 fully saturated rings. The number of hydrogen-bond donors (Lipinski definition) is 9. The van der Waals surface area contributed by atoms with E-state index >= 15 is 0 Å². The highest BCUT2D eigenvalue weighted by Gasteiger charge is 2.22. The second kappa shape index (κ2) is 33.2. The number of nitrogens with zero attached hydrogens (tertiary/aromatic N) is 1. The largest absolute Gasteiger partial charge is 0.483 e. The monoisotopic (exact) mass is 568 g/mol. The molecule has 0 radical (unpaired) electrons. The van der Waals surface area contributed by atoms with Crippen LogP contribution < -0.4 is 5.32 Å². The fourth-order valence-corrected chi connectivity index (χ4v) is 2.23. The molecule has 0 aliphatic carbocycles. The molecule has 0 aliphatic heterocycles. The van der Waals surface area contributed by atoms with Gasteiger partial charge >= 0.3 is 39.3 Å². The normalized spacial score (nSPS) is 8.60. The molecule has 0 unspecified atom stereocenters. The number of carboxylic acid groups (broad SMARTS) is 4. The van der Waals surface area contributed by atoms with Gasteiger partial charge in [-0.15, -0.1) is 0 Å². The predicted molar refractivity (Wildman–Crippen MR) is 114 cm³/mol. The van der Waals surface area contributed by atoms with E-state index in [4.69, 9.17) is 64.3 Å². The summed E-state index contributed by atoms with van der Waals surface area (Å²) >= 11 is 0. The Bertz CT molecular complexity index is 653. The van der Waals surface area contributed by atoms with Crippen LogP contribution >= 0.6 is 15.2 Å². The molecule has 0 aromatic heterocycles. The van der Waals surface area contributed by atoms with E-state index < -0.39 is 65.3 Å². The average molecular weight is 568 g/mol. The Morgan fingerprint density at radius 2 is 1.11 bits per heavy atom. The van der Waals surface area contributed by atoms with Crippen molar-refractivity contribution in [2.45, 2.75) is 14.9 Å². The Labute approximate surface area is 197 Å². The molecule has 0 heterocycles. The Morgan fingerprint density at radius 1 is 0.829 bits per heavy atom. The maximum absolute atomic E-state index is 10.5. The first-order valence-corrected chi connectivity index (χ1v) is 10.5. The van der Waals surface area contributed by atoms with Crippen LogP contribution in [0.3, 0.4) is 0 Å². The van der Waals surface area contributed by atoms with E-state index in [0.717, 1.165) is 0 Å². The van der Waals surface area contributed by atoms with Crippen LogP contribution in [0.25, 0.3) is 0 Å². The van der Waals surface area contributed by atoms with Crippen molar-refractivity contribution in [2.24, 2.45) is 0 Å². The Kier molecular flexibility index (Phi) is 50.7. The molecule has 21 nitrogen and oxygen atoms in total. The van der Waals surface area contributed by atoms with E-state index in [1.54, 1.807) is 0 Å². The minimum absolute atomic E-state index is 0. The van der Waals surface area contributed by atoms with Crippen molar-refractivity contribution in [3.05, 3.63) is 9.93 Å². The molecule has 0 saturated heterocycles. The van der Waals surface area contributed by atoms with Crippen molar-refractivity contribution < 1.29 is 83.4 Å². The summed E-state index contributed by atoms with van der Waals surface area (Å²) in [6.45, 7) is -2.14. The van der Waals surface area contributed by atoms with Crippen LogP contribution in [0.15, 0.2) is 0 Å². The van der Waals surface area contributed by atoms with Gasteiger partial charge in [-0.3, -0.25) is 38.5 Å². The van der Waals surface area contributed by atoms with Gasteiger partial charge in [-0.2, -0.15) is 9.59 Å². The van der Waals surface area contributed by atoms with Crippen LogP contribution in [0, 0.1) is 9.93 Å². The summed E-state index contributed by atoms with van der Waals surface area (Å²) in [4.78, 5) is 103. The molecule has 23 heteroatoms. The maximum Gasteiger partial charge on any atom is 0.373 e. The first kappa shape index (κ1) is 53.4. The number of carboxylic acids is 3. The van der Waals surface area contributed by atoms with Gasteiger partial charge < -0.3 is 45.5 Å². The molecule has 35 heavy (non-hydrogen) atoms. The first-order valence-electron chi connectivity index (χ1n) is 6.87. The minimum Gasteiger partial charge on any atom is -0.483 e.